The molecule has 0 saturated heterocycles. The second kappa shape index (κ2) is 8.42. The number of benzene rings is 3. The Hall–Kier alpha value is -3.42. The SMILES string of the molecule is COc1ccc([C@@H]2C3=C(Nc4nc(SC)nn42)c2ccccc2O[C@@H]3c2cccc(Cl)c2)cc1. The predicted molar refractivity (Wildman–Crippen MR) is 135 cm³/mol. The molecule has 3 aromatic carbocycles. The molecule has 0 unspecified atom stereocenters. The molecule has 4 aromatic rings. The summed E-state index contributed by atoms with van der Waals surface area (Å²) in [6, 6.07) is 23.7. The van der Waals surface area contributed by atoms with E-state index < -0.39 is 0 Å². The molecule has 6 rings (SSSR count). The molecule has 8 heteroatoms. The van der Waals surface area contributed by atoms with Gasteiger partial charge in [0.25, 0.3) is 0 Å². The second-order valence-corrected chi connectivity index (χ2v) is 9.26. The van der Waals surface area contributed by atoms with Gasteiger partial charge in [0.15, 0.2) is 0 Å². The Morgan fingerprint density at radius 3 is 2.62 bits per heavy atom. The van der Waals surface area contributed by atoms with E-state index in [4.69, 9.17) is 31.2 Å². The van der Waals surface area contributed by atoms with Crippen LogP contribution in [-0.2, 0) is 0 Å². The van der Waals surface area contributed by atoms with Crippen molar-refractivity contribution in [3.8, 4) is 11.5 Å². The zero-order valence-electron chi connectivity index (χ0n) is 18.5. The molecular weight excluding hydrogens is 468 g/mol. The molecule has 0 saturated carbocycles. The van der Waals surface area contributed by atoms with Gasteiger partial charge in [-0.1, -0.05) is 59.8 Å². The van der Waals surface area contributed by atoms with Gasteiger partial charge in [0, 0.05) is 16.2 Å². The summed E-state index contributed by atoms with van der Waals surface area (Å²) < 4.78 is 14.0. The van der Waals surface area contributed by atoms with E-state index in [1.165, 1.54) is 11.8 Å². The number of aromatic nitrogens is 3. The number of nitrogens with zero attached hydrogens (tertiary/aromatic N) is 3. The van der Waals surface area contributed by atoms with Crippen LogP contribution in [0.25, 0.3) is 5.70 Å². The van der Waals surface area contributed by atoms with Crippen LogP contribution in [0, 0.1) is 0 Å². The summed E-state index contributed by atoms with van der Waals surface area (Å²) in [5, 5.41) is 9.75. The molecule has 1 N–H and O–H groups in total. The predicted octanol–water partition coefficient (Wildman–Crippen LogP) is 6.22. The maximum absolute atomic E-state index is 6.64. The third kappa shape index (κ3) is 3.43. The first-order valence-electron chi connectivity index (χ1n) is 10.8. The number of hydrogen-bond donors (Lipinski definition) is 1. The van der Waals surface area contributed by atoms with Crippen molar-refractivity contribution < 1.29 is 9.47 Å². The quantitative estimate of drug-likeness (QED) is 0.344. The lowest BCUT2D eigenvalue weighted by atomic mass is 9.84. The van der Waals surface area contributed by atoms with Crippen LogP contribution in [0.3, 0.4) is 0 Å². The third-order valence-corrected chi connectivity index (χ3v) is 6.90. The van der Waals surface area contributed by atoms with Crippen LogP contribution in [0.4, 0.5) is 5.95 Å². The first kappa shape index (κ1) is 21.1. The highest BCUT2D eigenvalue weighted by Crippen LogP contribution is 2.51. The summed E-state index contributed by atoms with van der Waals surface area (Å²) in [4.78, 5) is 4.74. The van der Waals surface area contributed by atoms with Crippen molar-refractivity contribution in [2.45, 2.75) is 17.3 Å². The molecule has 0 fully saturated rings. The number of methoxy groups -OCH3 is 1. The number of rotatable bonds is 4. The molecule has 6 nitrogen and oxygen atoms in total. The Labute approximate surface area is 206 Å². The summed E-state index contributed by atoms with van der Waals surface area (Å²) in [7, 11) is 1.67. The number of hydrogen-bond acceptors (Lipinski definition) is 6. The zero-order chi connectivity index (χ0) is 23.2. The lowest BCUT2D eigenvalue weighted by Crippen LogP contribution is -2.32. The normalized spacial score (nSPS) is 18.3. The largest absolute Gasteiger partial charge is 0.497 e. The van der Waals surface area contributed by atoms with E-state index in [0.717, 1.165) is 39.5 Å². The fraction of sp³-hybridized carbons (Fsp3) is 0.154. The van der Waals surface area contributed by atoms with Crippen LogP contribution in [0.5, 0.6) is 11.5 Å². The van der Waals surface area contributed by atoms with E-state index in [1.807, 2.05) is 65.5 Å². The first-order chi connectivity index (χ1) is 16.7. The molecule has 0 spiro atoms. The smallest absolute Gasteiger partial charge is 0.227 e. The highest BCUT2D eigenvalue weighted by molar-refractivity contribution is 7.98. The molecule has 0 amide bonds. The molecule has 0 bridgehead atoms. The van der Waals surface area contributed by atoms with Gasteiger partial charge in [-0.3, -0.25) is 0 Å². The Morgan fingerprint density at radius 1 is 1.03 bits per heavy atom. The third-order valence-electron chi connectivity index (χ3n) is 6.13. The number of nitrogens with one attached hydrogen (secondary N) is 1. The molecule has 0 aliphatic carbocycles. The van der Waals surface area contributed by atoms with E-state index in [2.05, 4.69) is 23.5 Å². The summed E-state index contributed by atoms with van der Waals surface area (Å²) >= 11 is 7.91. The van der Waals surface area contributed by atoms with Gasteiger partial charge in [-0.15, -0.1) is 5.10 Å². The zero-order valence-corrected chi connectivity index (χ0v) is 20.1. The Kier molecular flexibility index (Phi) is 5.23. The van der Waals surface area contributed by atoms with E-state index >= 15 is 0 Å². The lowest BCUT2D eigenvalue weighted by Gasteiger charge is -2.39. The number of fused-ring (bicyclic) bond motifs is 3. The van der Waals surface area contributed by atoms with Gasteiger partial charge in [0.1, 0.15) is 23.6 Å². The maximum Gasteiger partial charge on any atom is 0.227 e. The minimum atomic E-state index is -0.363. The second-order valence-electron chi connectivity index (χ2n) is 8.05. The molecule has 2 aliphatic heterocycles. The molecule has 3 heterocycles. The van der Waals surface area contributed by atoms with Crippen LogP contribution in [-0.4, -0.2) is 28.1 Å². The highest BCUT2D eigenvalue weighted by Gasteiger charge is 2.41. The number of ether oxygens (including phenoxy) is 2. The van der Waals surface area contributed by atoms with Crippen LogP contribution >= 0.6 is 23.4 Å². The van der Waals surface area contributed by atoms with Gasteiger partial charge in [0.05, 0.1) is 12.8 Å². The maximum atomic E-state index is 6.64. The minimum Gasteiger partial charge on any atom is -0.497 e. The van der Waals surface area contributed by atoms with E-state index in [-0.39, 0.29) is 12.1 Å². The molecule has 34 heavy (non-hydrogen) atoms. The fourth-order valence-electron chi connectivity index (χ4n) is 4.60. The Morgan fingerprint density at radius 2 is 1.85 bits per heavy atom. The van der Waals surface area contributed by atoms with Crippen molar-refractivity contribution in [2.75, 3.05) is 18.7 Å². The summed E-state index contributed by atoms with van der Waals surface area (Å²) in [5.74, 6) is 2.31. The van der Waals surface area contributed by atoms with E-state index in [0.29, 0.717) is 16.1 Å². The minimum absolute atomic E-state index is 0.233. The van der Waals surface area contributed by atoms with Crippen molar-refractivity contribution >= 4 is 35.0 Å². The Bertz CT molecular complexity index is 1420. The number of thioether (sulfide) groups is 1. The number of para-hydroxylation sites is 1. The van der Waals surface area contributed by atoms with Gasteiger partial charge in [0.2, 0.25) is 11.1 Å². The van der Waals surface area contributed by atoms with Gasteiger partial charge in [-0.05, 0) is 53.8 Å². The summed E-state index contributed by atoms with van der Waals surface area (Å²) in [5.41, 5.74) is 5.07. The summed E-state index contributed by atoms with van der Waals surface area (Å²) in [6.45, 7) is 0. The molecule has 2 atom stereocenters. The summed E-state index contributed by atoms with van der Waals surface area (Å²) in [6.07, 6.45) is 1.61. The molecular formula is C26H21ClN4O2S. The highest BCUT2D eigenvalue weighted by atomic mass is 35.5. The fourth-order valence-corrected chi connectivity index (χ4v) is 5.14. The average molecular weight is 489 g/mol. The van der Waals surface area contributed by atoms with Gasteiger partial charge in [-0.2, -0.15) is 4.98 Å². The van der Waals surface area contributed by atoms with Crippen LogP contribution in [0.1, 0.15) is 28.8 Å². The van der Waals surface area contributed by atoms with Crippen molar-refractivity contribution in [1.29, 1.82) is 0 Å². The van der Waals surface area contributed by atoms with Gasteiger partial charge in [-0.25, -0.2) is 4.68 Å². The topological polar surface area (TPSA) is 61.2 Å². The van der Waals surface area contributed by atoms with Crippen LogP contribution in [0.2, 0.25) is 5.02 Å². The van der Waals surface area contributed by atoms with Gasteiger partial charge >= 0.3 is 0 Å². The van der Waals surface area contributed by atoms with Crippen molar-refractivity contribution in [3.63, 3.8) is 0 Å². The van der Waals surface area contributed by atoms with Crippen LogP contribution < -0.4 is 14.8 Å². The van der Waals surface area contributed by atoms with E-state index in [1.54, 1.807) is 7.11 Å². The average Bonchev–Trinajstić information content (AvgIpc) is 3.30. The Balaban J connectivity index is 1.62. The molecule has 0 radical (unpaired) electrons. The molecule has 170 valence electrons. The first-order valence-corrected chi connectivity index (χ1v) is 12.4. The van der Waals surface area contributed by atoms with Crippen molar-refractivity contribution in [2.24, 2.45) is 0 Å². The lowest BCUT2D eigenvalue weighted by molar-refractivity contribution is 0.223. The molecule has 2 aliphatic rings. The number of anilines is 1. The van der Waals surface area contributed by atoms with E-state index in [9.17, 15) is 0 Å². The van der Waals surface area contributed by atoms with Crippen molar-refractivity contribution in [1.82, 2.24) is 14.8 Å². The monoisotopic (exact) mass is 488 g/mol. The standard InChI is InChI=1S/C26H21ClN4O2S/c1-32-18-12-10-15(11-13-18)23-21-22(28-25-29-26(34-2)30-31(23)25)19-8-3-4-9-20(19)33-24(21)16-6-5-7-17(27)14-16/h3-14,23-24H,1-2H3,(H,28,29,30)/t23-,24-/m1/s1. The molecule has 1 aromatic heterocycles. The number of halogens is 1. The van der Waals surface area contributed by atoms with Crippen molar-refractivity contribution in [3.05, 3.63) is 100 Å². The van der Waals surface area contributed by atoms with Crippen LogP contribution in [0.15, 0.2) is 83.5 Å². The van der Waals surface area contributed by atoms with Gasteiger partial charge < -0.3 is 14.8 Å².